The monoisotopic (exact) mass is 325 g/mol. The first kappa shape index (κ1) is 15.8. The molecule has 1 aliphatic carbocycles. The zero-order valence-electron chi connectivity index (χ0n) is 14.7. The Morgan fingerprint density at radius 2 is 2.17 bits per heavy atom. The van der Waals surface area contributed by atoms with E-state index >= 15 is 0 Å². The average Bonchev–Trinajstić information content (AvgIpc) is 3.10. The Bertz CT molecular complexity index is 709. The number of rotatable bonds is 4. The van der Waals surface area contributed by atoms with E-state index in [1.165, 1.54) is 29.5 Å². The van der Waals surface area contributed by atoms with Crippen molar-refractivity contribution < 1.29 is 9.52 Å². The summed E-state index contributed by atoms with van der Waals surface area (Å²) in [6, 6.07) is 8.71. The van der Waals surface area contributed by atoms with E-state index in [4.69, 9.17) is 4.42 Å². The summed E-state index contributed by atoms with van der Waals surface area (Å²) in [6.07, 6.45) is 8.25. The van der Waals surface area contributed by atoms with E-state index in [0.717, 1.165) is 25.9 Å². The van der Waals surface area contributed by atoms with E-state index in [-0.39, 0.29) is 5.41 Å². The lowest BCUT2D eigenvalue weighted by Crippen LogP contribution is -2.59. The summed E-state index contributed by atoms with van der Waals surface area (Å²) >= 11 is 0. The van der Waals surface area contributed by atoms with Crippen molar-refractivity contribution in [2.75, 3.05) is 6.54 Å². The molecule has 1 aliphatic heterocycles. The number of nitrogens with zero attached hydrogens (tertiary/aromatic N) is 1. The van der Waals surface area contributed by atoms with Crippen molar-refractivity contribution in [1.29, 1.82) is 0 Å². The molecule has 2 heterocycles. The van der Waals surface area contributed by atoms with Gasteiger partial charge in [0.15, 0.2) is 0 Å². The van der Waals surface area contributed by atoms with Crippen LogP contribution in [0.2, 0.25) is 0 Å². The van der Waals surface area contributed by atoms with Crippen molar-refractivity contribution in [1.82, 2.24) is 4.90 Å². The molecule has 1 fully saturated rings. The Hall–Kier alpha value is -1.74. The van der Waals surface area contributed by atoms with Crippen LogP contribution in [-0.4, -0.2) is 22.6 Å². The van der Waals surface area contributed by atoms with Crippen LogP contribution in [0.15, 0.2) is 41.2 Å². The van der Waals surface area contributed by atoms with Crippen LogP contribution in [0.5, 0.6) is 5.75 Å². The fraction of sp³-hybridized carbons (Fsp3) is 0.524. The van der Waals surface area contributed by atoms with Crippen LogP contribution >= 0.6 is 0 Å². The second-order valence-electron chi connectivity index (χ2n) is 7.49. The maximum absolute atomic E-state index is 10.1. The van der Waals surface area contributed by atoms with Gasteiger partial charge in [-0.3, -0.25) is 4.90 Å². The topological polar surface area (TPSA) is 36.6 Å². The van der Waals surface area contributed by atoms with E-state index in [0.29, 0.717) is 17.7 Å². The first-order chi connectivity index (χ1) is 11.7. The Balaban J connectivity index is 1.74. The summed E-state index contributed by atoms with van der Waals surface area (Å²) in [5, 5.41) is 10.1. The molecule has 1 aromatic carbocycles. The lowest BCUT2D eigenvalue weighted by atomic mass is 9.55. The van der Waals surface area contributed by atoms with Gasteiger partial charge in [0.2, 0.25) is 0 Å². The minimum atomic E-state index is 0.221. The van der Waals surface area contributed by atoms with Crippen molar-refractivity contribution in [3.05, 3.63) is 53.5 Å². The molecule has 24 heavy (non-hydrogen) atoms. The predicted molar refractivity (Wildman–Crippen MR) is 95.1 cm³/mol. The van der Waals surface area contributed by atoms with Gasteiger partial charge in [-0.2, -0.15) is 0 Å². The summed E-state index contributed by atoms with van der Waals surface area (Å²) in [5.74, 6) is 1.06. The Labute approximate surface area is 144 Å². The number of fused-ring (bicyclic) bond motifs is 4. The quantitative estimate of drug-likeness (QED) is 0.900. The molecule has 3 heteroatoms. The molecule has 0 amide bonds. The molecule has 128 valence electrons. The predicted octanol–water partition coefficient (Wildman–Crippen LogP) is 4.49. The maximum Gasteiger partial charge on any atom is 0.115 e. The Morgan fingerprint density at radius 3 is 2.88 bits per heavy atom. The minimum Gasteiger partial charge on any atom is -0.508 e. The molecule has 1 saturated heterocycles. The SMILES string of the molecule is CC[C@@H]1[C@H]2Cc3ccc(O)cc3[C@]1(CC)CCN2Cc1ccoc1. The number of benzene rings is 1. The summed E-state index contributed by atoms with van der Waals surface area (Å²) in [5.41, 5.74) is 4.33. The van der Waals surface area contributed by atoms with E-state index in [2.05, 4.69) is 30.9 Å². The number of furan rings is 1. The Morgan fingerprint density at radius 1 is 1.29 bits per heavy atom. The van der Waals surface area contributed by atoms with Gasteiger partial charge in [-0.15, -0.1) is 0 Å². The van der Waals surface area contributed by atoms with Crippen LogP contribution < -0.4 is 0 Å². The minimum absolute atomic E-state index is 0.221. The van der Waals surface area contributed by atoms with Crippen LogP contribution in [0.25, 0.3) is 0 Å². The molecule has 2 aliphatic rings. The number of aromatic hydroxyl groups is 1. The third-order valence-electron chi connectivity index (χ3n) is 6.58. The number of phenols is 1. The largest absolute Gasteiger partial charge is 0.508 e. The smallest absolute Gasteiger partial charge is 0.115 e. The zero-order valence-corrected chi connectivity index (χ0v) is 14.7. The highest BCUT2D eigenvalue weighted by molar-refractivity contribution is 5.44. The number of likely N-dealkylation sites (tertiary alicyclic amines) is 1. The molecule has 0 saturated carbocycles. The molecule has 4 rings (SSSR count). The number of phenolic OH excluding ortho intramolecular Hbond substituents is 1. The third kappa shape index (κ3) is 2.29. The zero-order chi connectivity index (χ0) is 16.7. The van der Waals surface area contributed by atoms with Gasteiger partial charge < -0.3 is 9.52 Å². The van der Waals surface area contributed by atoms with Gasteiger partial charge in [-0.1, -0.05) is 26.3 Å². The van der Waals surface area contributed by atoms with Crippen LogP contribution in [0.3, 0.4) is 0 Å². The fourth-order valence-corrected chi connectivity index (χ4v) is 5.46. The highest BCUT2D eigenvalue weighted by Crippen LogP contribution is 2.52. The van der Waals surface area contributed by atoms with E-state index < -0.39 is 0 Å². The molecule has 2 bridgehead atoms. The van der Waals surface area contributed by atoms with Gasteiger partial charge in [0, 0.05) is 23.6 Å². The molecule has 1 aromatic heterocycles. The standard InChI is InChI=1S/C21H27NO2/c1-3-18-20-11-16-5-6-17(23)12-19(16)21(18,4-2)8-9-22(20)13-15-7-10-24-14-15/h5-7,10,12,14,18,20,23H,3-4,8-9,11,13H2,1-2H3/t18-,20-,21-/m1/s1. The van der Waals surface area contributed by atoms with Crippen molar-refractivity contribution >= 4 is 0 Å². The molecule has 0 spiro atoms. The van der Waals surface area contributed by atoms with Gasteiger partial charge >= 0.3 is 0 Å². The second kappa shape index (κ2) is 5.96. The van der Waals surface area contributed by atoms with Gasteiger partial charge in [0.1, 0.15) is 5.75 Å². The molecular weight excluding hydrogens is 298 g/mol. The average molecular weight is 325 g/mol. The van der Waals surface area contributed by atoms with Crippen LogP contribution in [0.1, 0.15) is 49.8 Å². The normalized spacial score (nSPS) is 29.4. The van der Waals surface area contributed by atoms with Crippen LogP contribution in [0, 0.1) is 5.92 Å². The van der Waals surface area contributed by atoms with Gasteiger partial charge in [-0.25, -0.2) is 0 Å². The van der Waals surface area contributed by atoms with Crippen LogP contribution in [-0.2, 0) is 18.4 Å². The van der Waals surface area contributed by atoms with Crippen molar-refractivity contribution in [3.8, 4) is 5.75 Å². The summed E-state index contributed by atoms with van der Waals surface area (Å²) in [7, 11) is 0. The maximum atomic E-state index is 10.1. The highest BCUT2D eigenvalue weighted by Gasteiger charge is 2.51. The van der Waals surface area contributed by atoms with E-state index in [9.17, 15) is 5.11 Å². The lowest BCUT2D eigenvalue weighted by Gasteiger charge is -2.57. The third-order valence-corrected chi connectivity index (χ3v) is 6.58. The molecule has 0 radical (unpaired) electrons. The molecule has 0 unspecified atom stereocenters. The summed E-state index contributed by atoms with van der Waals surface area (Å²) < 4.78 is 5.27. The number of piperidine rings is 1. The summed E-state index contributed by atoms with van der Waals surface area (Å²) in [4.78, 5) is 2.66. The van der Waals surface area contributed by atoms with Crippen molar-refractivity contribution in [2.45, 2.75) is 57.5 Å². The number of hydrogen-bond donors (Lipinski definition) is 1. The van der Waals surface area contributed by atoms with Crippen molar-refractivity contribution in [3.63, 3.8) is 0 Å². The van der Waals surface area contributed by atoms with E-state index in [1.54, 1.807) is 6.26 Å². The number of hydrogen-bond acceptors (Lipinski definition) is 3. The van der Waals surface area contributed by atoms with Gasteiger partial charge in [0.05, 0.1) is 12.5 Å². The molecule has 2 aromatic rings. The molecule has 3 nitrogen and oxygen atoms in total. The van der Waals surface area contributed by atoms with E-state index in [1.807, 2.05) is 18.4 Å². The lowest BCUT2D eigenvalue weighted by molar-refractivity contribution is 0.00411. The van der Waals surface area contributed by atoms with Gasteiger partial charge in [-0.05, 0) is 61.1 Å². The second-order valence-corrected chi connectivity index (χ2v) is 7.49. The first-order valence-electron chi connectivity index (χ1n) is 9.25. The highest BCUT2D eigenvalue weighted by atomic mass is 16.3. The van der Waals surface area contributed by atoms with Gasteiger partial charge in [0.25, 0.3) is 0 Å². The van der Waals surface area contributed by atoms with Crippen molar-refractivity contribution in [2.24, 2.45) is 5.92 Å². The Kier molecular flexibility index (Phi) is 3.92. The fourth-order valence-electron chi connectivity index (χ4n) is 5.46. The molecule has 1 N–H and O–H groups in total. The van der Waals surface area contributed by atoms with Crippen LogP contribution in [0.4, 0.5) is 0 Å². The summed E-state index contributed by atoms with van der Waals surface area (Å²) in [6.45, 7) is 6.75. The first-order valence-corrected chi connectivity index (χ1v) is 9.25. The molecule has 3 atom stereocenters. The molecular formula is C21H27NO2.